The van der Waals surface area contributed by atoms with Crippen LogP contribution in [0.15, 0.2) is 30.5 Å². The molecule has 2 aliphatic rings. The van der Waals surface area contributed by atoms with Crippen LogP contribution in [-0.4, -0.2) is 76.7 Å². The molecule has 240 valence electrons. The first-order valence-corrected chi connectivity index (χ1v) is 15.7. The van der Waals surface area contributed by atoms with E-state index in [0.29, 0.717) is 50.0 Å². The van der Waals surface area contributed by atoms with Gasteiger partial charge >= 0.3 is 0 Å². The number of carbonyl (C=O) groups excluding carboxylic acids is 4. The predicted octanol–water partition coefficient (Wildman–Crippen LogP) is 3.46. The Morgan fingerprint density at radius 3 is 2.39 bits per heavy atom. The van der Waals surface area contributed by atoms with Crippen LogP contribution in [0.4, 0.5) is 10.1 Å². The zero-order chi connectivity index (χ0) is 31.8. The molecular weight excluding hydrogens is 567 g/mol. The number of benzene rings is 1. The van der Waals surface area contributed by atoms with Crippen LogP contribution in [0.25, 0.3) is 0 Å². The molecule has 1 aliphatic carbocycles. The average molecular weight is 613 g/mol. The lowest BCUT2D eigenvalue weighted by atomic mass is 9.79. The SMILES string of the molecule is CCC(=O)N[C@@H](C(=O)N1CCOCC1)[C@@H](C)c1ccc(NC(=O)[C@@H](NC(=O)c2ccnn2CC)[C@H]2CC[C@H](C)CC2)c(F)c1. The van der Waals surface area contributed by atoms with Crippen molar-refractivity contribution < 1.29 is 28.3 Å². The maximum atomic E-state index is 15.5. The first-order valence-electron chi connectivity index (χ1n) is 15.7. The minimum atomic E-state index is -0.884. The van der Waals surface area contributed by atoms with Crippen LogP contribution in [0.2, 0.25) is 0 Å². The number of nitrogens with zero attached hydrogens (tertiary/aromatic N) is 3. The normalized spacial score (nSPS) is 20.7. The smallest absolute Gasteiger partial charge is 0.270 e. The predicted molar refractivity (Wildman–Crippen MR) is 163 cm³/mol. The van der Waals surface area contributed by atoms with Gasteiger partial charge in [-0.25, -0.2) is 4.39 Å². The fraction of sp³-hybridized carbons (Fsp3) is 0.594. The van der Waals surface area contributed by atoms with E-state index in [9.17, 15) is 19.2 Å². The van der Waals surface area contributed by atoms with Gasteiger partial charge in [0.05, 0.1) is 18.9 Å². The summed E-state index contributed by atoms with van der Waals surface area (Å²) in [5.74, 6) is -2.18. The molecule has 2 heterocycles. The van der Waals surface area contributed by atoms with E-state index in [4.69, 9.17) is 4.74 Å². The molecule has 1 aromatic heterocycles. The van der Waals surface area contributed by atoms with Crippen molar-refractivity contribution in [1.29, 1.82) is 0 Å². The second-order valence-electron chi connectivity index (χ2n) is 11.9. The Bertz CT molecular complexity index is 1320. The van der Waals surface area contributed by atoms with Gasteiger partial charge in [-0.2, -0.15) is 5.10 Å². The fourth-order valence-corrected chi connectivity index (χ4v) is 5.98. The van der Waals surface area contributed by atoms with Gasteiger partial charge in [0.15, 0.2) is 0 Å². The Labute approximate surface area is 258 Å². The first kappa shape index (κ1) is 33.1. The summed E-state index contributed by atoms with van der Waals surface area (Å²) in [4.78, 5) is 54.2. The summed E-state index contributed by atoms with van der Waals surface area (Å²) in [5.41, 5.74) is 0.833. The zero-order valence-electron chi connectivity index (χ0n) is 26.1. The number of rotatable bonds is 11. The molecule has 0 unspecified atom stereocenters. The molecular formula is C32H45FN6O5. The summed E-state index contributed by atoms with van der Waals surface area (Å²) < 4.78 is 22.5. The van der Waals surface area contributed by atoms with Crippen molar-refractivity contribution >= 4 is 29.3 Å². The number of nitrogens with one attached hydrogen (secondary N) is 3. The number of halogens is 1. The van der Waals surface area contributed by atoms with Crippen molar-refractivity contribution in [2.45, 2.75) is 84.3 Å². The number of morpholine rings is 1. The molecule has 11 nitrogen and oxygen atoms in total. The van der Waals surface area contributed by atoms with Crippen LogP contribution in [-0.2, 0) is 25.7 Å². The highest BCUT2D eigenvalue weighted by atomic mass is 19.1. The summed E-state index contributed by atoms with van der Waals surface area (Å²) in [5, 5.41) is 12.6. The molecule has 1 aliphatic heterocycles. The number of hydrogen-bond donors (Lipinski definition) is 3. The summed E-state index contributed by atoms with van der Waals surface area (Å²) in [7, 11) is 0. The Morgan fingerprint density at radius 2 is 1.75 bits per heavy atom. The summed E-state index contributed by atoms with van der Waals surface area (Å²) in [6.45, 7) is 9.70. The highest BCUT2D eigenvalue weighted by Gasteiger charge is 2.35. The van der Waals surface area contributed by atoms with E-state index >= 15 is 4.39 Å². The van der Waals surface area contributed by atoms with Crippen LogP contribution >= 0.6 is 0 Å². The number of ether oxygens (including phenoxy) is 1. The van der Waals surface area contributed by atoms with Crippen LogP contribution in [0.1, 0.15) is 81.8 Å². The van der Waals surface area contributed by atoms with Crippen molar-refractivity contribution in [2.75, 3.05) is 31.6 Å². The summed E-state index contributed by atoms with van der Waals surface area (Å²) in [6.07, 6.45) is 5.17. The highest BCUT2D eigenvalue weighted by molar-refractivity contribution is 6.00. The van der Waals surface area contributed by atoms with Crippen molar-refractivity contribution in [3.05, 3.63) is 47.5 Å². The van der Waals surface area contributed by atoms with Gasteiger partial charge in [-0.3, -0.25) is 23.9 Å². The molecule has 1 saturated carbocycles. The monoisotopic (exact) mass is 612 g/mol. The number of anilines is 1. The molecule has 3 N–H and O–H groups in total. The van der Waals surface area contributed by atoms with Crippen molar-refractivity contribution in [2.24, 2.45) is 11.8 Å². The Hall–Kier alpha value is -3.80. The molecule has 4 rings (SSSR count). The third-order valence-electron chi connectivity index (χ3n) is 8.85. The lowest BCUT2D eigenvalue weighted by Gasteiger charge is -2.33. The molecule has 2 fully saturated rings. The Morgan fingerprint density at radius 1 is 1.05 bits per heavy atom. The molecule has 44 heavy (non-hydrogen) atoms. The average Bonchev–Trinajstić information content (AvgIpc) is 3.53. The molecule has 0 radical (unpaired) electrons. The molecule has 0 bridgehead atoms. The Kier molecular flexibility index (Phi) is 11.5. The maximum Gasteiger partial charge on any atom is 0.270 e. The fourth-order valence-electron chi connectivity index (χ4n) is 5.98. The maximum absolute atomic E-state index is 15.5. The number of hydrogen-bond acceptors (Lipinski definition) is 6. The van der Waals surface area contributed by atoms with E-state index in [1.807, 2.05) is 6.92 Å². The number of aryl methyl sites for hydroxylation is 1. The molecule has 12 heteroatoms. The lowest BCUT2D eigenvalue weighted by Crippen LogP contribution is -2.53. The summed E-state index contributed by atoms with van der Waals surface area (Å²) >= 11 is 0. The number of carbonyl (C=O) groups is 4. The van der Waals surface area contributed by atoms with Gasteiger partial charge in [-0.15, -0.1) is 0 Å². The molecule has 1 saturated heterocycles. The van der Waals surface area contributed by atoms with Gasteiger partial charge in [-0.05, 0) is 55.4 Å². The Balaban J connectivity index is 1.52. The lowest BCUT2D eigenvalue weighted by molar-refractivity contribution is -0.140. The van der Waals surface area contributed by atoms with E-state index in [1.54, 1.807) is 41.8 Å². The van der Waals surface area contributed by atoms with Gasteiger partial charge < -0.3 is 25.6 Å². The van der Waals surface area contributed by atoms with E-state index in [-0.39, 0.29) is 29.8 Å². The van der Waals surface area contributed by atoms with Gasteiger partial charge in [0.2, 0.25) is 17.7 Å². The highest BCUT2D eigenvalue weighted by Crippen LogP contribution is 2.32. The second-order valence-corrected chi connectivity index (χ2v) is 11.9. The first-order chi connectivity index (χ1) is 21.1. The van der Waals surface area contributed by atoms with E-state index in [0.717, 1.165) is 25.7 Å². The second kappa shape index (κ2) is 15.3. The van der Waals surface area contributed by atoms with Crippen LogP contribution < -0.4 is 16.0 Å². The van der Waals surface area contributed by atoms with E-state index < -0.39 is 35.6 Å². The third-order valence-corrected chi connectivity index (χ3v) is 8.85. The molecule has 4 amide bonds. The molecule has 2 aromatic rings. The number of amides is 4. The molecule has 3 atom stereocenters. The van der Waals surface area contributed by atoms with Crippen LogP contribution in [0.3, 0.4) is 0 Å². The third kappa shape index (κ3) is 8.02. The largest absolute Gasteiger partial charge is 0.378 e. The topological polar surface area (TPSA) is 135 Å². The van der Waals surface area contributed by atoms with E-state index in [1.165, 1.54) is 12.1 Å². The minimum Gasteiger partial charge on any atom is -0.378 e. The van der Waals surface area contributed by atoms with Gasteiger partial charge in [0.25, 0.3) is 5.91 Å². The number of aromatic nitrogens is 2. The zero-order valence-corrected chi connectivity index (χ0v) is 26.1. The summed E-state index contributed by atoms with van der Waals surface area (Å²) in [6, 6.07) is 4.27. The van der Waals surface area contributed by atoms with Gasteiger partial charge in [-0.1, -0.05) is 39.7 Å². The van der Waals surface area contributed by atoms with Gasteiger partial charge in [0.1, 0.15) is 23.6 Å². The van der Waals surface area contributed by atoms with Crippen molar-refractivity contribution in [1.82, 2.24) is 25.3 Å². The minimum absolute atomic E-state index is 0.0263. The van der Waals surface area contributed by atoms with Gasteiger partial charge in [0, 0.05) is 38.2 Å². The molecule has 1 aromatic carbocycles. The quantitative estimate of drug-likeness (QED) is 0.356. The van der Waals surface area contributed by atoms with Crippen LogP contribution in [0.5, 0.6) is 0 Å². The van der Waals surface area contributed by atoms with Crippen LogP contribution in [0, 0.1) is 17.7 Å². The van der Waals surface area contributed by atoms with Crippen molar-refractivity contribution in [3.63, 3.8) is 0 Å². The molecule has 0 spiro atoms. The van der Waals surface area contributed by atoms with E-state index in [2.05, 4.69) is 28.0 Å². The standard InChI is InChI=1S/C32H45FN6O5/c1-5-27(40)36-28(32(43)38-15-17-44-18-16-38)21(4)23-11-12-25(24(33)19-23)35-31(42)29(22-9-7-20(3)8-10-22)37-30(41)26-13-14-34-39(26)6-2/h11-14,19-22,28-29H,5-10,15-18H2,1-4H3,(H,35,42)(H,36,40)(H,37,41)/t20-,21-,22-,28+,29-/m0/s1. The van der Waals surface area contributed by atoms with Crippen molar-refractivity contribution in [3.8, 4) is 0 Å².